The molecule has 1 aromatic carbocycles. The standard InChI is InChI=1S/C13H18BrNO/c1-9-3-4-11(12(14)7-9)8-15-13-5-6-16-10(13)2/h3-4,7,10,13,15H,5-6,8H2,1-2H3. The molecule has 0 aliphatic carbocycles. The maximum Gasteiger partial charge on any atom is 0.0700 e. The van der Waals surface area contributed by atoms with Crippen LogP contribution in [0.4, 0.5) is 0 Å². The van der Waals surface area contributed by atoms with Gasteiger partial charge in [-0.15, -0.1) is 0 Å². The second-order valence-electron chi connectivity index (χ2n) is 4.45. The van der Waals surface area contributed by atoms with Gasteiger partial charge in [0.2, 0.25) is 0 Å². The molecule has 0 aromatic heterocycles. The molecule has 1 aliphatic heterocycles. The average molecular weight is 284 g/mol. The van der Waals surface area contributed by atoms with Crippen molar-refractivity contribution < 1.29 is 4.74 Å². The smallest absolute Gasteiger partial charge is 0.0700 e. The Bertz CT molecular complexity index is 367. The topological polar surface area (TPSA) is 21.3 Å². The van der Waals surface area contributed by atoms with Gasteiger partial charge in [-0.05, 0) is 37.5 Å². The van der Waals surface area contributed by atoms with Gasteiger partial charge < -0.3 is 10.1 Å². The molecule has 1 heterocycles. The Morgan fingerprint density at radius 2 is 2.31 bits per heavy atom. The first-order chi connectivity index (χ1) is 7.66. The fourth-order valence-corrected chi connectivity index (χ4v) is 2.67. The van der Waals surface area contributed by atoms with E-state index in [1.807, 2.05) is 0 Å². The van der Waals surface area contributed by atoms with Crippen molar-refractivity contribution in [1.82, 2.24) is 5.32 Å². The Morgan fingerprint density at radius 1 is 1.50 bits per heavy atom. The molecule has 16 heavy (non-hydrogen) atoms. The van der Waals surface area contributed by atoms with E-state index >= 15 is 0 Å². The van der Waals surface area contributed by atoms with E-state index in [2.05, 4.69) is 53.3 Å². The first kappa shape index (κ1) is 12.1. The summed E-state index contributed by atoms with van der Waals surface area (Å²) in [4.78, 5) is 0. The van der Waals surface area contributed by atoms with Gasteiger partial charge in [0.05, 0.1) is 6.10 Å². The Kier molecular flexibility index (Phi) is 4.00. The van der Waals surface area contributed by atoms with Crippen LogP contribution in [0.3, 0.4) is 0 Å². The fourth-order valence-electron chi connectivity index (χ4n) is 2.04. The molecule has 2 unspecified atom stereocenters. The predicted octanol–water partition coefficient (Wildman–Crippen LogP) is 3.02. The minimum atomic E-state index is 0.337. The third-order valence-electron chi connectivity index (χ3n) is 3.14. The first-order valence-corrected chi connectivity index (χ1v) is 6.56. The largest absolute Gasteiger partial charge is 0.377 e. The SMILES string of the molecule is Cc1ccc(CNC2CCOC2C)c(Br)c1. The summed E-state index contributed by atoms with van der Waals surface area (Å²) in [5, 5.41) is 3.55. The van der Waals surface area contributed by atoms with Gasteiger partial charge in [0.25, 0.3) is 0 Å². The number of rotatable bonds is 3. The Hall–Kier alpha value is -0.380. The molecule has 0 radical (unpaired) electrons. The van der Waals surface area contributed by atoms with Gasteiger partial charge in [-0.2, -0.15) is 0 Å². The number of ether oxygens (including phenoxy) is 1. The summed E-state index contributed by atoms with van der Waals surface area (Å²) in [6.45, 7) is 6.02. The van der Waals surface area contributed by atoms with Gasteiger partial charge in [0.15, 0.2) is 0 Å². The molecule has 88 valence electrons. The van der Waals surface area contributed by atoms with Gasteiger partial charge in [0.1, 0.15) is 0 Å². The molecule has 1 aliphatic rings. The van der Waals surface area contributed by atoms with Crippen LogP contribution in [0.5, 0.6) is 0 Å². The second-order valence-corrected chi connectivity index (χ2v) is 5.30. The van der Waals surface area contributed by atoms with Gasteiger partial charge in [-0.3, -0.25) is 0 Å². The van der Waals surface area contributed by atoms with Crippen LogP contribution in [-0.2, 0) is 11.3 Å². The Morgan fingerprint density at radius 3 is 2.94 bits per heavy atom. The third-order valence-corrected chi connectivity index (χ3v) is 3.88. The van der Waals surface area contributed by atoms with Crippen molar-refractivity contribution in [2.45, 2.75) is 39.0 Å². The summed E-state index contributed by atoms with van der Waals surface area (Å²) in [5.74, 6) is 0. The summed E-state index contributed by atoms with van der Waals surface area (Å²) in [5.41, 5.74) is 2.60. The predicted molar refractivity (Wildman–Crippen MR) is 69.5 cm³/mol. The van der Waals surface area contributed by atoms with E-state index in [9.17, 15) is 0 Å². The van der Waals surface area contributed by atoms with E-state index in [1.165, 1.54) is 15.6 Å². The van der Waals surface area contributed by atoms with Gasteiger partial charge in [0, 0.05) is 23.7 Å². The lowest BCUT2D eigenvalue weighted by Crippen LogP contribution is -2.34. The van der Waals surface area contributed by atoms with Gasteiger partial charge >= 0.3 is 0 Å². The quantitative estimate of drug-likeness (QED) is 0.921. The van der Waals surface area contributed by atoms with E-state index in [1.54, 1.807) is 0 Å². The molecule has 1 saturated heterocycles. The summed E-state index contributed by atoms with van der Waals surface area (Å²) in [7, 11) is 0. The monoisotopic (exact) mass is 283 g/mol. The zero-order chi connectivity index (χ0) is 11.5. The highest BCUT2D eigenvalue weighted by atomic mass is 79.9. The number of halogens is 1. The van der Waals surface area contributed by atoms with Crippen LogP contribution in [-0.4, -0.2) is 18.8 Å². The van der Waals surface area contributed by atoms with Crippen molar-refractivity contribution in [2.75, 3.05) is 6.61 Å². The third kappa shape index (κ3) is 2.84. The van der Waals surface area contributed by atoms with Crippen LogP contribution in [0.25, 0.3) is 0 Å². The number of hydrogen-bond acceptors (Lipinski definition) is 2. The highest BCUT2D eigenvalue weighted by Crippen LogP contribution is 2.19. The molecule has 0 saturated carbocycles. The van der Waals surface area contributed by atoms with Gasteiger partial charge in [-0.1, -0.05) is 28.1 Å². The normalized spacial score (nSPS) is 24.9. The van der Waals surface area contributed by atoms with Crippen LogP contribution in [0.1, 0.15) is 24.5 Å². The van der Waals surface area contributed by atoms with Crippen LogP contribution >= 0.6 is 15.9 Å². The molecular formula is C13H18BrNO. The molecule has 2 nitrogen and oxygen atoms in total. The van der Waals surface area contributed by atoms with Gasteiger partial charge in [-0.25, -0.2) is 0 Å². The zero-order valence-corrected chi connectivity index (χ0v) is 11.4. The molecule has 1 N–H and O–H groups in total. The molecule has 0 bridgehead atoms. The fraction of sp³-hybridized carbons (Fsp3) is 0.538. The van der Waals surface area contributed by atoms with Crippen molar-refractivity contribution in [1.29, 1.82) is 0 Å². The Labute approximate surface area is 106 Å². The van der Waals surface area contributed by atoms with Crippen LogP contribution in [0, 0.1) is 6.92 Å². The Balaban J connectivity index is 1.94. The molecule has 1 fully saturated rings. The summed E-state index contributed by atoms with van der Waals surface area (Å²) >= 11 is 3.60. The second kappa shape index (κ2) is 5.30. The van der Waals surface area contributed by atoms with Crippen molar-refractivity contribution in [3.05, 3.63) is 33.8 Å². The number of nitrogens with one attached hydrogen (secondary N) is 1. The first-order valence-electron chi connectivity index (χ1n) is 5.77. The molecular weight excluding hydrogens is 266 g/mol. The van der Waals surface area contributed by atoms with Crippen molar-refractivity contribution in [3.63, 3.8) is 0 Å². The van der Waals surface area contributed by atoms with Crippen molar-refractivity contribution >= 4 is 15.9 Å². The summed E-state index contributed by atoms with van der Waals surface area (Å²) < 4.78 is 6.72. The van der Waals surface area contributed by atoms with E-state index in [4.69, 9.17) is 4.74 Å². The average Bonchev–Trinajstić information content (AvgIpc) is 2.63. The number of benzene rings is 1. The summed E-state index contributed by atoms with van der Waals surface area (Å²) in [6.07, 6.45) is 1.45. The van der Waals surface area contributed by atoms with Crippen LogP contribution in [0.15, 0.2) is 22.7 Å². The molecule has 0 amide bonds. The number of hydrogen-bond donors (Lipinski definition) is 1. The van der Waals surface area contributed by atoms with E-state index in [0.29, 0.717) is 12.1 Å². The summed E-state index contributed by atoms with van der Waals surface area (Å²) in [6, 6.07) is 6.97. The lowest BCUT2D eigenvalue weighted by molar-refractivity contribution is 0.113. The molecule has 0 spiro atoms. The van der Waals surface area contributed by atoms with E-state index < -0.39 is 0 Å². The number of aryl methyl sites for hydroxylation is 1. The maximum atomic E-state index is 5.53. The molecule has 2 atom stereocenters. The van der Waals surface area contributed by atoms with Crippen LogP contribution < -0.4 is 5.32 Å². The highest BCUT2D eigenvalue weighted by Gasteiger charge is 2.23. The van der Waals surface area contributed by atoms with E-state index in [0.717, 1.165) is 19.6 Å². The van der Waals surface area contributed by atoms with Crippen molar-refractivity contribution in [3.8, 4) is 0 Å². The lowest BCUT2D eigenvalue weighted by Gasteiger charge is -2.16. The van der Waals surface area contributed by atoms with Crippen molar-refractivity contribution in [2.24, 2.45) is 0 Å². The molecule has 3 heteroatoms. The maximum absolute atomic E-state index is 5.53. The zero-order valence-electron chi connectivity index (χ0n) is 9.79. The minimum Gasteiger partial charge on any atom is -0.377 e. The molecule has 1 aromatic rings. The highest BCUT2D eigenvalue weighted by molar-refractivity contribution is 9.10. The molecule has 2 rings (SSSR count). The lowest BCUT2D eigenvalue weighted by atomic mass is 10.1. The van der Waals surface area contributed by atoms with Crippen LogP contribution in [0.2, 0.25) is 0 Å². The van der Waals surface area contributed by atoms with E-state index in [-0.39, 0.29) is 0 Å². The minimum absolute atomic E-state index is 0.337.